The smallest absolute Gasteiger partial charge is 0.261 e. The Hall–Kier alpha value is -4.05. The van der Waals surface area contributed by atoms with Crippen LogP contribution in [0.15, 0.2) is 71.3 Å². The fraction of sp³-hybridized carbons (Fsp3) is 0.240. The Labute approximate surface area is 187 Å². The highest BCUT2D eigenvalue weighted by Gasteiger charge is 2.25. The molecule has 0 aliphatic heterocycles. The SMILES string of the molecule is CC(C)C(Oc1ccccc1C#N)C(=O)NCc1cccc(C(=O)NCc2ccco2)c1. The van der Waals surface area contributed by atoms with Crippen LogP contribution in [0, 0.1) is 17.2 Å². The summed E-state index contributed by atoms with van der Waals surface area (Å²) in [4.78, 5) is 25.2. The summed E-state index contributed by atoms with van der Waals surface area (Å²) >= 11 is 0. The molecule has 0 saturated heterocycles. The lowest BCUT2D eigenvalue weighted by Crippen LogP contribution is -2.41. The van der Waals surface area contributed by atoms with Crippen molar-refractivity contribution in [2.45, 2.75) is 33.0 Å². The van der Waals surface area contributed by atoms with Crippen LogP contribution < -0.4 is 15.4 Å². The van der Waals surface area contributed by atoms with Gasteiger partial charge in [0.25, 0.3) is 11.8 Å². The molecule has 2 N–H and O–H groups in total. The van der Waals surface area contributed by atoms with E-state index in [-0.39, 0.29) is 24.3 Å². The van der Waals surface area contributed by atoms with E-state index in [2.05, 4.69) is 16.7 Å². The van der Waals surface area contributed by atoms with Gasteiger partial charge in [-0.15, -0.1) is 0 Å². The first-order valence-corrected chi connectivity index (χ1v) is 10.3. The second-order valence-electron chi connectivity index (χ2n) is 7.57. The Balaban J connectivity index is 1.60. The monoisotopic (exact) mass is 431 g/mol. The number of nitriles is 1. The van der Waals surface area contributed by atoms with Crippen LogP contribution >= 0.6 is 0 Å². The molecule has 3 rings (SSSR count). The van der Waals surface area contributed by atoms with Crippen LogP contribution in [0.3, 0.4) is 0 Å². The highest BCUT2D eigenvalue weighted by atomic mass is 16.5. The van der Waals surface area contributed by atoms with E-state index in [4.69, 9.17) is 9.15 Å². The number of nitrogens with one attached hydrogen (secondary N) is 2. The second kappa shape index (κ2) is 10.8. The fourth-order valence-electron chi connectivity index (χ4n) is 3.09. The van der Waals surface area contributed by atoms with Gasteiger partial charge in [-0.05, 0) is 47.9 Å². The van der Waals surface area contributed by atoms with Gasteiger partial charge < -0.3 is 19.8 Å². The van der Waals surface area contributed by atoms with Gasteiger partial charge in [0, 0.05) is 12.1 Å². The zero-order valence-corrected chi connectivity index (χ0v) is 18.0. The molecule has 2 aromatic carbocycles. The number of benzene rings is 2. The minimum atomic E-state index is -0.760. The van der Waals surface area contributed by atoms with Gasteiger partial charge in [-0.2, -0.15) is 5.26 Å². The Morgan fingerprint density at radius 2 is 1.84 bits per heavy atom. The van der Waals surface area contributed by atoms with Crippen molar-refractivity contribution in [1.29, 1.82) is 5.26 Å². The van der Waals surface area contributed by atoms with E-state index in [9.17, 15) is 14.9 Å². The predicted octanol–water partition coefficient (Wildman–Crippen LogP) is 3.80. The molecule has 3 aromatic rings. The summed E-state index contributed by atoms with van der Waals surface area (Å²) < 4.78 is 11.1. The number of carbonyl (C=O) groups is 2. The number of nitrogens with zero attached hydrogens (tertiary/aromatic N) is 1. The summed E-state index contributed by atoms with van der Waals surface area (Å²) in [6.07, 6.45) is 0.793. The highest BCUT2D eigenvalue weighted by Crippen LogP contribution is 2.21. The number of para-hydroxylation sites is 1. The molecule has 0 aliphatic carbocycles. The molecule has 32 heavy (non-hydrogen) atoms. The lowest BCUT2D eigenvalue weighted by Gasteiger charge is -2.22. The Kier molecular flexibility index (Phi) is 7.65. The first kappa shape index (κ1) is 22.6. The number of hydrogen-bond donors (Lipinski definition) is 2. The van der Waals surface area contributed by atoms with Gasteiger partial charge in [0.1, 0.15) is 17.6 Å². The van der Waals surface area contributed by atoms with Crippen LogP contribution in [0.2, 0.25) is 0 Å². The van der Waals surface area contributed by atoms with Crippen LogP contribution in [0.4, 0.5) is 0 Å². The molecular weight excluding hydrogens is 406 g/mol. The maximum Gasteiger partial charge on any atom is 0.261 e. The minimum Gasteiger partial charge on any atom is -0.479 e. The van der Waals surface area contributed by atoms with Crippen LogP contribution in [-0.2, 0) is 17.9 Å². The average molecular weight is 431 g/mol. The van der Waals surface area contributed by atoms with Crippen molar-refractivity contribution in [2.75, 3.05) is 0 Å². The van der Waals surface area contributed by atoms with Crippen LogP contribution in [0.5, 0.6) is 5.75 Å². The molecule has 0 spiro atoms. The third-order valence-corrected chi connectivity index (χ3v) is 4.78. The maximum absolute atomic E-state index is 12.8. The van der Waals surface area contributed by atoms with E-state index in [1.807, 2.05) is 19.9 Å². The van der Waals surface area contributed by atoms with E-state index in [0.717, 1.165) is 5.56 Å². The lowest BCUT2D eigenvalue weighted by molar-refractivity contribution is -0.130. The number of furan rings is 1. The zero-order valence-electron chi connectivity index (χ0n) is 18.0. The summed E-state index contributed by atoms with van der Waals surface area (Å²) in [6.45, 7) is 4.29. The van der Waals surface area contributed by atoms with Gasteiger partial charge in [0.2, 0.25) is 0 Å². The number of ether oxygens (including phenoxy) is 1. The average Bonchev–Trinajstić information content (AvgIpc) is 3.33. The molecule has 7 heteroatoms. The number of rotatable bonds is 9. The van der Waals surface area contributed by atoms with Crippen LogP contribution in [0.25, 0.3) is 0 Å². The van der Waals surface area contributed by atoms with Crippen LogP contribution in [-0.4, -0.2) is 17.9 Å². The van der Waals surface area contributed by atoms with Gasteiger partial charge >= 0.3 is 0 Å². The fourth-order valence-corrected chi connectivity index (χ4v) is 3.09. The summed E-state index contributed by atoms with van der Waals surface area (Å²) in [6, 6.07) is 19.5. The molecule has 1 atom stereocenters. The molecule has 0 fully saturated rings. The highest BCUT2D eigenvalue weighted by molar-refractivity contribution is 5.94. The van der Waals surface area contributed by atoms with E-state index >= 15 is 0 Å². The van der Waals surface area contributed by atoms with Gasteiger partial charge in [-0.1, -0.05) is 38.1 Å². The Morgan fingerprint density at radius 3 is 2.56 bits per heavy atom. The van der Waals surface area contributed by atoms with Crippen molar-refractivity contribution in [3.8, 4) is 11.8 Å². The molecule has 1 unspecified atom stereocenters. The zero-order chi connectivity index (χ0) is 22.9. The predicted molar refractivity (Wildman–Crippen MR) is 119 cm³/mol. The Morgan fingerprint density at radius 1 is 1.03 bits per heavy atom. The van der Waals surface area contributed by atoms with E-state index in [1.54, 1.807) is 60.9 Å². The normalized spacial score (nSPS) is 11.4. The second-order valence-corrected chi connectivity index (χ2v) is 7.57. The summed E-state index contributed by atoms with van der Waals surface area (Å²) in [7, 11) is 0. The minimum absolute atomic E-state index is 0.111. The third-order valence-electron chi connectivity index (χ3n) is 4.78. The molecule has 0 saturated carbocycles. The van der Waals surface area contributed by atoms with E-state index in [1.165, 1.54) is 0 Å². The first-order chi connectivity index (χ1) is 15.5. The summed E-state index contributed by atoms with van der Waals surface area (Å²) in [5.41, 5.74) is 1.64. The van der Waals surface area contributed by atoms with Crippen molar-refractivity contribution >= 4 is 11.8 Å². The van der Waals surface area contributed by atoms with Crippen molar-refractivity contribution in [1.82, 2.24) is 10.6 Å². The molecule has 1 heterocycles. The molecule has 0 aliphatic rings. The van der Waals surface area contributed by atoms with Gasteiger partial charge in [0.15, 0.2) is 6.10 Å². The number of amides is 2. The van der Waals surface area contributed by atoms with Crippen molar-refractivity contribution in [3.05, 3.63) is 89.4 Å². The molecule has 1 aromatic heterocycles. The van der Waals surface area contributed by atoms with E-state index < -0.39 is 6.10 Å². The molecule has 164 valence electrons. The van der Waals surface area contributed by atoms with Gasteiger partial charge in [-0.25, -0.2) is 0 Å². The van der Waals surface area contributed by atoms with Crippen molar-refractivity contribution < 1.29 is 18.7 Å². The topological polar surface area (TPSA) is 104 Å². The van der Waals surface area contributed by atoms with Gasteiger partial charge in [0.05, 0.1) is 18.4 Å². The molecule has 0 bridgehead atoms. The standard InChI is InChI=1S/C25H25N3O4/c1-17(2)23(32-22-11-4-3-8-20(22)14-26)25(30)27-15-18-7-5-9-19(13-18)24(29)28-16-21-10-6-12-31-21/h3-13,17,23H,15-16H2,1-2H3,(H,27,30)(H,28,29). The lowest BCUT2D eigenvalue weighted by atomic mass is 10.1. The molecular formula is C25H25N3O4. The quantitative estimate of drug-likeness (QED) is 0.536. The summed E-state index contributed by atoms with van der Waals surface area (Å²) in [5.74, 6) is 0.408. The summed E-state index contributed by atoms with van der Waals surface area (Å²) in [5, 5.41) is 14.9. The first-order valence-electron chi connectivity index (χ1n) is 10.3. The Bertz CT molecular complexity index is 1100. The van der Waals surface area contributed by atoms with Crippen LogP contribution in [0.1, 0.15) is 41.1 Å². The van der Waals surface area contributed by atoms with E-state index in [0.29, 0.717) is 29.2 Å². The molecule has 0 radical (unpaired) electrons. The van der Waals surface area contributed by atoms with Gasteiger partial charge in [-0.3, -0.25) is 9.59 Å². The van der Waals surface area contributed by atoms with Crippen molar-refractivity contribution in [3.63, 3.8) is 0 Å². The number of carbonyl (C=O) groups excluding carboxylic acids is 2. The molecule has 2 amide bonds. The third kappa shape index (κ3) is 5.99. The maximum atomic E-state index is 12.8. The largest absolute Gasteiger partial charge is 0.479 e. The molecule has 7 nitrogen and oxygen atoms in total. The van der Waals surface area contributed by atoms with Crippen molar-refractivity contribution in [2.24, 2.45) is 5.92 Å². The number of hydrogen-bond acceptors (Lipinski definition) is 5.